The van der Waals surface area contributed by atoms with E-state index in [1.54, 1.807) is 0 Å². The molecule has 2 aliphatic rings. The number of nitrogens with zero attached hydrogens (tertiary/aromatic N) is 1. The number of esters is 1. The highest BCUT2D eigenvalue weighted by atomic mass is 16.7. The van der Waals surface area contributed by atoms with E-state index < -0.39 is 0 Å². The molecule has 0 bridgehead atoms. The van der Waals surface area contributed by atoms with E-state index in [1.807, 2.05) is 25.1 Å². The maximum Gasteiger partial charge on any atom is 0.303 e. The van der Waals surface area contributed by atoms with E-state index in [0.29, 0.717) is 0 Å². The monoisotopic (exact) mass is 353 g/mol. The third-order valence-corrected chi connectivity index (χ3v) is 5.15. The third kappa shape index (κ3) is 3.03. The predicted molar refractivity (Wildman–Crippen MR) is 97.3 cm³/mol. The van der Waals surface area contributed by atoms with Crippen LogP contribution >= 0.6 is 0 Å². The first-order valence-electron chi connectivity index (χ1n) is 8.89. The van der Waals surface area contributed by atoms with Crippen molar-refractivity contribution in [3.05, 3.63) is 58.7 Å². The lowest BCUT2D eigenvalue weighted by Gasteiger charge is -2.39. The lowest BCUT2D eigenvalue weighted by atomic mass is 9.86. The number of aryl methyl sites for hydroxylation is 1. The number of rotatable bonds is 3. The molecule has 2 unspecified atom stereocenters. The zero-order valence-corrected chi connectivity index (χ0v) is 15.3. The van der Waals surface area contributed by atoms with Crippen molar-refractivity contribution in [3.8, 4) is 11.5 Å². The quantitative estimate of drug-likeness (QED) is 0.790. The van der Waals surface area contributed by atoms with Gasteiger partial charge < -0.3 is 14.2 Å². The van der Waals surface area contributed by atoms with Gasteiger partial charge in [-0.1, -0.05) is 29.8 Å². The third-order valence-electron chi connectivity index (χ3n) is 5.15. The number of likely N-dealkylation sites (N-methyl/N-ethyl adjacent to an activating group) is 1. The molecule has 5 heteroatoms. The second-order valence-electron chi connectivity index (χ2n) is 7.02. The highest BCUT2D eigenvalue weighted by Gasteiger charge is 2.36. The van der Waals surface area contributed by atoms with E-state index >= 15 is 0 Å². The van der Waals surface area contributed by atoms with E-state index in [1.165, 1.54) is 18.1 Å². The van der Waals surface area contributed by atoms with Crippen LogP contribution < -0.4 is 9.47 Å². The van der Waals surface area contributed by atoms with Crippen LogP contribution in [0.15, 0.2) is 36.4 Å². The fourth-order valence-corrected chi connectivity index (χ4v) is 3.81. The number of carbonyl (C=O) groups is 1. The van der Waals surface area contributed by atoms with Crippen molar-refractivity contribution in [1.82, 2.24) is 4.90 Å². The summed E-state index contributed by atoms with van der Waals surface area (Å²) >= 11 is 0. The summed E-state index contributed by atoms with van der Waals surface area (Å²) in [7, 11) is 2.07. The number of carbonyl (C=O) groups excluding carboxylic acids is 1. The van der Waals surface area contributed by atoms with E-state index in [9.17, 15) is 4.79 Å². The van der Waals surface area contributed by atoms with Crippen molar-refractivity contribution in [2.24, 2.45) is 0 Å². The Morgan fingerprint density at radius 3 is 2.58 bits per heavy atom. The molecule has 0 radical (unpaired) electrons. The molecule has 0 spiro atoms. The average Bonchev–Trinajstić information content (AvgIpc) is 3.06. The van der Waals surface area contributed by atoms with Gasteiger partial charge >= 0.3 is 5.97 Å². The Hall–Kier alpha value is -2.53. The highest BCUT2D eigenvalue weighted by Crippen LogP contribution is 2.45. The van der Waals surface area contributed by atoms with Crippen LogP contribution in [-0.4, -0.2) is 31.3 Å². The zero-order valence-electron chi connectivity index (χ0n) is 15.3. The first-order chi connectivity index (χ1) is 12.5. The molecule has 0 aromatic heterocycles. The number of hydrogen-bond acceptors (Lipinski definition) is 5. The molecular formula is C21H23NO4. The van der Waals surface area contributed by atoms with Gasteiger partial charge in [-0.05, 0) is 49.2 Å². The molecule has 136 valence electrons. The number of fused-ring (bicyclic) bond motifs is 2. The van der Waals surface area contributed by atoms with Crippen molar-refractivity contribution >= 4 is 5.97 Å². The molecule has 0 amide bonds. The van der Waals surface area contributed by atoms with E-state index in [0.717, 1.165) is 35.6 Å². The Balaban J connectivity index is 1.80. The van der Waals surface area contributed by atoms with Gasteiger partial charge in [0.25, 0.3) is 0 Å². The van der Waals surface area contributed by atoms with Crippen LogP contribution in [0.25, 0.3) is 0 Å². The van der Waals surface area contributed by atoms with Gasteiger partial charge in [-0.25, -0.2) is 0 Å². The van der Waals surface area contributed by atoms with Gasteiger partial charge in [0.15, 0.2) is 11.5 Å². The van der Waals surface area contributed by atoms with Crippen molar-refractivity contribution in [2.75, 3.05) is 20.4 Å². The first-order valence-corrected chi connectivity index (χ1v) is 8.89. The van der Waals surface area contributed by atoms with Gasteiger partial charge in [0.1, 0.15) is 6.10 Å². The van der Waals surface area contributed by atoms with Crippen molar-refractivity contribution in [3.63, 3.8) is 0 Å². The van der Waals surface area contributed by atoms with E-state index in [2.05, 4.69) is 30.1 Å². The molecule has 0 saturated carbocycles. The summed E-state index contributed by atoms with van der Waals surface area (Å²) in [4.78, 5) is 14.1. The Labute approximate surface area is 153 Å². The molecule has 2 aromatic rings. The second kappa shape index (κ2) is 6.65. The van der Waals surface area contributed by atoms with E-state index in [-0.39, 0.29) is 24.9 Å². The van der Waals surface area contributed by atoms with Crippen LogP contribution in [0.1, 0.15) is 41.3 Å². The number of benzene rings is 2. The number of ether oxygens (including phenoxy) is 3. The Bertz CT molecular complexity index is 831. The highest BCUT2D eigenvalue weighted by molar-refractivity contribution is 5.66. The Morgan fingerprint density at radius 1 is 1.19 bits per heavy atom. The summed E-state index contributed by atoms with van der Waals surface area (Å²) in [6.07, 6.45) is 0.553. The average molecular weight is 353 g/mol. The first kappa shape index (κ1) is 16.9. The molecule has 4 rings (SSSR count). The van der Waals surface area contributed by atoms with Gasteiger partial charge in [0.2, 0.25) is 6.79 Å². The Morgan fingerprint density at radius 2 is 1.88 bits per heavy atom. The SMILES string of the molecule is CC(=O)OC(c1ccc(C)cc1)C1c2cc3c(cc2CCN1C)OCO3. The fourth-order valence-electron chi connectivity index (χ4n) is 3.81. The summed E-state index contributed by atoms with van der Waals surface area (Å²) < 4.78 is 16.9. The van der Waals surface area contributed by atoms with Crippen LogP contribution in [0.3, 0.4) is 0 Å². The molecule has 0 N–H and O–H groups in total. The van der Waals surface area contributed by atoms with Crippen LogP contribution in [0.5, 0.6) is 11.5 Å². The predicted octanol–water partition coefficient (Wildman–Crippen LogP) is 3.56. The number of hydrogen-bond donors (Lipinski definition) is 0. The fraction of sp³-hybridized carbons (Fsp3) is 0.381. The zero-order chi connectivity index (χ0) is 18.3. The molecule has 0 fully saturated rings. The summed E-state index contributed by atoms with van der Waals surface area (Å²) in [6, 6.07) is 12.2. The smallest absolute Gasteiger partial charge is 0.303 e. The van der Waals surface area contributed by atoms with Crippen molar-refractivity contribution in [2.45, 2.75) is 32.4 Å². The van der Waals surface area contributed by atoms with Crippen molar-refractivity contribution in [1.29, 1.82) is 0 Å². The molecule has 5 nitrogen and oxygen atoms in total. The van der Waals surface area contributed by atoms with Crippen LogP contribution in [0, 0.1) is 6.92 Å². The molecule has 2 aromatic carbocycles. The summed E-state index contributed by atoms with van der Waals surface area (Å²) in [5.74, 6) is 1.28. The van der Waals surface area contributed by atoms with Crippen LogP contribution in [0.2, 0.25) is 0 Å². The minimum absolute atomic E-state index is 0.0696. The van der Waals surface area contributed by atoms with Crippen LogP contribution in [-0.2, 0) is 16.0 Å². The minimum Gasteiger partial charge on any atom is -0.456 e. The van der Waals surface area contributed by atoms with Gasteiger partial charge in [-0.15, -0.1) is 0 Å². The van der Waals surface area contributed by atoms with Crippen LogP contribution in [0.4, 0.5) is 0 Å². The summed E-state index contributed by atoms with van der Waals surface area (Å²) in [6.45, 7) is 4.66. The molecule has 0 saturated heterocycles. The maximum absolute atomic E-state index is 11.9. The molecule has 0 aliphatic carbocycles. The Kier molecular flexibility index (Phi) is 4.32. The molecule has 2 heterocycles. The van der Waals surface area contributed by atoms with E-state index in [4.69, 9.17) is 14.2 Å². The second-order valence-corrected chi connectivity index (χ2v) is 7.02. The molecular weight excluding hydrogens is 330 g/mol. The normalized spacial score (nSPS) is 19.7. The standard InChI is InChI=1S/C21H23NO4/c1-13-4-6-15(7-5-13)21(26-14(2)23)20-17-11-19-18(24-12-25-19)10-16(17)8-9-22(20)3/h4-7,10-11,20-21H,8-9,12H2,1-3H3. The lowest BCUT2D eigenvalue weighted by Crippen LogP contribution is -2.37. The summed E-state index contributed by atoms with van der Waals surface area (Å²) in [5.41, 5.74) is 4.53. The van der Waals surface area contributed by atoms with Crippen molar-refractivity contribution < 1.29 is 19.0 Å². The van der Waals surface area contributed by atoms with Gasteiger partial charge in [-0.2, -0.15) is 0 Å². The largest absolute Gasteiger partial charge is 0.456 e. The van der Waals surface area contributed by atoms with Gasteiger partial charge in [0.05, 0.1) is 6.04 Å². The summed E-state index contributed by atoms with van der Waals surface area (Å²) in [5, 5.41) is 0. The topological polar surface area (TPSA) is 48.0 Å². The molecule has 2 aliphatic heterocycles. The minimum atomic E-state index is -0.377. The maximum atomic E-state index is 11.9. The molecule has 2 atom stereocenters. The lowest BCUT2D eigenvalue weighted by molar-refractivity contribution is -0.150. The molecule has 26 heavy (non-hydrogen) atoms. The van der Waals surface area contributed by atoms with Gasteiger partial charge in [0, 0.05) is 13.5 Å². The van der Waals surface area contributed by atoms with Gasteiger partial charge in [-0.3, -0.25) is 9.69 Å².